The molecule has 4 aliphatic heterocycles. The van der Waals surface area contributed by atoms with Gasteiger partial charge in [0.1, 0.15) is 11.6 Å². The van der Waals surface area contributed by atoms with E-state index in [4.69, 9.17) is 5.26 Å². The number of hydrogen-bond acceptors (Lipinski definition) is 9. The van der Waals surface area contributed by atoms with Crippen molar-refractivity contribution in [3.8, 4) is 6.07 Å². The van der Waals surface area contributed by atoms with Crippen molar-refractivity contribution < 1.29 is 37.1 Å². The summed E-state index contributed by atoms with van der Waals surface area (Å²) in [6, 6.07) is 9.00. The zero-order chi connectivity index (χ0) is 37.1. The first-order valence-corrected chi connectivity index (χ1v) is 17.0. The van der Waals surface area contributed by atoms with Crippen molar-refractivity contribution in [1.82, 2.24) is 24.9 Å². The smallest absolute Gasteiger partial charge is 0.368 e. The highest BCUT2D eigenvalue weighted by Gasteiger charge is 2.45. The lowest BCUT2D eigenvalue weighted by Crippen LogP contribution is -2.60. The van der Waals surface area contributed by atoms with Gasteiger partial charge >= 0.3 is 6.18 Å². The number of likely N-dealkylation sites (tertiary alicyclic amines) is 1. The first-order valence-electron chi connectivity index (χ1n) is 17.0. The van der Waals surface area contributed by atoms with E-state index in [9.17, 15) is 37.1 Å². The first-order chi connectivity index (χ1) is 24.6. The van der Waals surface area contributed by atoms with Crippen LogP contribution in [-0.2, 0) is 26.1 Å². The first kappa shape index (κ1) is 34.9. The molecular weight excluding hydrogens is 681 g/mol. The maximum atomic E-state index is 13.4. The number of anilines is 2. The van der Waals surface area contributed by atoms with Crippen molar-refractivity contribution in [3.05, 3.63) is 76.6 Å². The summed E-state index contributed by atoms with van der Waals surface area (Å²) in [6.45, 7) is 6.43. The average molecular weight is 717 g/mol. The predicted octanol–water partition coefficient (Wildman–Crippen LogP) is 3.62. The van der Waals surface area contributed by atoms with E-state index in [1.807, 2.05) is 12.3 Å². The lowest BCUT2D eigenvalue weighted by atomic mass is 9.90. The molecule has 0 bridgehead atoms. The largest absolute Gasteiger partial charge is 0.417 e. The second-order valence-electron chi connectivity index (χ2n) is 14.1. The summed E-state index contributed by atoms with van der Waals surface area (Å²) in [5.74, 6) is -2.48. The molecule has 7 rings (SSSR count). The molecule has 1 aromatic heterocycles. The van der Waals surface area contributed by atoms with Crippen LogP contribution in [0.2, 0.25) is 0 Å². The van der Waals surface area contributed by atoms with Gasteiger partial charge in [-0.2, -0.15) is 23.5 Å². The number of alkyl halides is 3. The zero-order valence-corrected chi connectivity index (χ0v) is 28.4. The van der Waals surface area contributed by atoms with Crippen molar-refractivity contribution in [1.29, 1.82) is 5.26 Å². The summed E-state index contributed by atoms with van der Waals surface area (Å²) in [5, 5.41) is 18.2. The molecule has 5 amide bonds. The zero-order valence-electron chi connectivity index (χ0n) is 28.4. The van der Waals surface area contributed by atoms with Crippen LogP contribution in [0.25, 0.3) is 0 Å². The second-order valence-corrected chi connectivity index (χ2v) is 14.1. The second kappa shape index (κ2) is 12.9. The van der Waals surface area contributed by atoms with Gasteiger partial charge in [-0.15, -0.1) is 0 Å². The van der Waals surface area contributed by atoms with Crippen LogP contribution in [0, 0.1) is 11.3 Å². The number of carbonyl (C=O) groups is 5. The van der Waals surface area contributed by atoms with Gasteiger partial charge in [0, 0.05) is 43.1 Å². The van der Waals surface area contributed by atoms with Gasteiger partial charge in [-0.05, 0) is 94.1 Å². The minimum absolute atomic E-state index is 0.0595. The summed E-state index contributed by atoms with van der Waals surface area (Å²) in [4.78, 5) is 69.0. The van der Waals surface area contributed by atoms with Crippen LogP contribution in [-0.4, -0.2) is 87.4 Å². The van der Waals surface area contributed by atoms with Crippen molar-refractivity contribution in [2.75, 3.05) is 36.4 Å². The minimum Gasteiger partial charge on any atom is -0.368 e. The van der Waals surface area contributed by atoms with E-state index in [-0.39, 0.29) is 35.6 Å². The van der Waals surface area contributed by atoms with Gasteiger partial charge in [-0.3, -0.25) is 43.8 Å². The summed E-state index contributed by atoms with van der Waals surface area (Å²) in [5.41, 5.74) is -0.662. The number of fused-ring (bicyclic) bond motifs is 1. The van der Waals surface area contributed by atoms with Gasteiger partial charge in [0.25, 0.3) is 17.7 Å². The third-order valence-electron chi connectivity index (χ3n) is 10.6. The molecule has 3 saturated heterocycles. The van der Waals surface area contributed by atoms with Gasteiger partial charge in [0.15, 0.2) is 0 Å². The van der Waals surface area contributed by atoms with Crippen LogP contribution >= 0.6 is 0 Å². The van der Waals surface area contributed by atoms with E-state index in [0.717, 1.165) is 67.3 Å². The summed E-state index contributed by atoms with van der Waals surface area (Å²) in [6.07, 6.45) is 0.687. The Balaban J connectivity index is 0.925. The SMILES string of the molecule is CC(C)(C(=O)Nc1ccc(C#N)c(C(F)(F)F)c1)n1cc(C2CCN(C3CN(c4ccc5c(c4)C(=O)N(C4CCC(=O)NC4=O)C5=O)C3)CC2)cn1. The minimum atomic E-state index is -4.75. The number of amides is 5. The fraction of sp³-hybridized carbons (Fsp3) is 0.417. The van der Waals surface area contributed by atoms with Gasteiger partial charge in [-0.25, -0.2) is 0 Å². The quantitative estimate of drug-likeness (QED) is 0.348. The highest BCUT2D eigenvalue weighted by Crippen LogP contribution is 2.36. The molecule has 0 saturated carbocycles. The van der Waals surface area contributed by atoms with Crippen molar-refractivity contribution in [2.45, 2.75) is 69.2 Å². The van der Waals surface area contributed by atoms with Crippen molar-refractivity contribution in [2.24, 2.45) is 0 Å². The Hall–Kier alpha value is -5.56. The molecule has 0 radical (unpaired) electrons. The molecular formula is C36H35F3N8O5. The predicted molar refractivity (Wildman–Crippen MR) is 179 cm³/mol. The van der Waals surface area contributed by atoms with Crippen LogP contribution in [0.4, 0.5) is 24.5 Å². The van der Waals surface area contributed by atoms with Gasteiger partial charge in [0.2, 0.25) is 11.8 Å². The molecule has 3 aromatic rings. The van der Waals surface area contributed by atoms with Crippen LogP contribution < -0.4 is 15.5 Å². The molecule has 4 aliphatic rings. The third-order valence-corrected chi connectivity index (χ3v) is 10.6. The van der Waals surface area contributed by atoms with E-state index < -0.39 is 58.4 Å². The maximum Gasteiger partial charge on any atom is 0.417 e. The molecule has 0 spiro atoms. The molecule has 2 aromatic carbocycles. The topological polar surface area (TPSA) is 161 Å². The number of rotatable bonds is 7. The highest BCUT2D eigenvalue weighted by molar-refractivity contribution is 6.23. The Morgan fingerprint density at radius 3 is 2.37 bits per heavy atom. The lowest BCUT2D eigenvalue weighted by Gasteiger charge is -2.48. The van der Waals surface area contributed by atoms with Crippen LogP contribution in [0.1, 0.15) is 82.9 Å². The Morgan fingerprint density at radius 2 is 1.69 bits per heavy atom. The van der Waals surface area contributed by atoms with Crippen LogP contribution in [0.5, 0.6) is 0 Å². The van der Waals surface area contributed by atoms with Crippen LogP contribution in [0.3, 0.4) is 0 Å². The molecule has 52 heavy (non-hydrogen) atoms. The molecule has 1 unspecified atom stereocenters. The lowest BCUT2D eigenvalue weighted by molar-refractivity contribution is -0.138. The van der Waals surface area contributed by atoms with Crippen LogP contribution in [0.15, 0.2) is 48.8 Å². The van der Waals surface area contributed by atoms with Crippen molar-refractivity contribution in [3.63, 3.8) is 0 Å². The van der Waals surface area contributed by atoms with Crippen molar-refractivity contribution >= 4 is 40.9 Å². The number of hydrogen-bond donors (Lipinski definition) is 2. The van der Waals surface area contributed by atoms with E-state index in [1.165, 1.54) is 16.8 Å². The Kier molecular flexibility index (Phi) is 8.64. The number of nitrogens with one attached hydrogen (secondary N) is 2. The highest BCUT2D eigenvalue weighted by atomic mass is 19.4. The Morgan fingerprint density at radius 1 is 0.981 bits per heavy atom. The number of imide groups is 2. The van der Waals surface area contributed by atoms with Gasteiger partial charge < -0.3 is 10.2 Å². The number of piperidine rings is 2. The third kappa shape index (κ3) is 6.19. The summed E-state index contributed by atoms with van der Waals surface area (Å²) >= 11 is 0. The molecule has 1 atom stereocenters. The molecule has 270 valence electrons. The van der Waals surface area contributed by atoms with Gasteiger partial charge in [-0.1, -0.05) is 0 Å². The number of benzene rings is 2. The van der Waals surface area contributed by atoms with Gasteiger partial charge in [0.05, 0.1) is 34.5 Å². The molecule has 2 N–H and O–H groups in total. The Labute approximate surface area is 296 Å². The molecule has 3 fully saturated rings. The summed E-state index contributed by atoms with van der Waals surface area (Å²) in [7, 11) is 0. The fourth-order valence-corrected chi connectivity index (χ4v) is 7.35. The average Bonchev–Trinajstić information content (AvgIpc) is 3.68. The standard InChI is InChI=1S/C36H35F3N8O5/c1-35(2,34(52)42-23-4-3-21(15-40)28(13-23)36(37,38)39)46-17-22(16-41-46)20-9-11-44(12-10-20)25-18-45(19-25)24-5-6-26-27(14-24)33(51)47(32(26)50)29-7-8-30(48)43-31(29)49/h3-6,13-14,16-17,20,25,29H,7-12,18-19H2,1-2H3,(H,42,52)(H,43,48,49). The molecule has 5 heterocycles. The Bertz CT molecular complexity index is 2040. The summed E-state index contributed by atoms with van der Waals surface area (Å²) < 4.78 is 41.8. The molecule has 0 aliphatic carbocycles. The number of carbonyl (C=O) groups excluding carboxylic acids is 5. The van der Waals surface area contributed by atoms with E-state index in [2.05, 4.69) is 25.5 Å². The number of halogens is 3. The fourth-order valence-electron chi connectivity index (χ4n) is 7.35. The van der Waals surface area contributed by atoms with E-state index in [1.54, 1.807) is 32.2 Å². The monoisotopic (exact) mass is 716 g/mol. The number of aromatic nitrogens is 2. The van der Waals surface area contributed by atoms with E-state index in [0.29, 0.717) is 6.04 Å². The van der Waals surface area contributed by atoms with E-state index >= 15 is 0 Å². The number of nitrogens with zero attached hydrogens (tertiary/aromatic N) is 6. The molecule has 16 heteroatoms. The maximum absolute atomic E-state index is 13.4. The molecule has 13 nitrogen and oxygen atoms in total. The normalized spacial score (nSPS) is 20.4. The number of nitriles is 1.